The summed E-state index contributed by atoms with van der Waals surface area (Å²) in [7, 11) is 0. The van der Waals surface area contributed by atoms with Crippen LogP contribution in [0.3, 0.4) is 0 Å². The monoisotopic (exact) mass is 293 g/mol. The Labute approximate surface area is 127 Å². The van der Waals surface area contributed by atoms with E-state index in [9.17, 15) is 9.50 Å². The lowest BCUT2D eigenvalue weighted by Crippen LogP contribution is -2.50. The number of fused-ring (bicyclic) bond motifs is 5. The summed E-state index contributed by atoms with van der Waals surface area (Å²) < 4.78 is 14.2. The number of aliphatic hydroxyl groups is 1. The molecule has 0 radical (unpaired) electrons. The Bertz CT molecular complexity index is 464. The second kappa shape index (κ2) is 4.79. The van der Waals surface area contributed by atoms with Crippen LogP contribution in [0.1, 0.15) is 51.9 Å². The van der Waals surface area contributed by atoms with Crippen LogP contribution >= 0.6 is 0 Å². The fourth-order valence-corrected chi connectivity index (χ4v) is 6.26. The molecule has 0 aromatic carbocycles. The average molecular weight is 293 g/mol. The van der Waals surface area contributed by atoms with Crippen LogP contribution in [0.2, 0.25) is 0 Å². The fourth-order valence-electron chi connectivity index (χ4n) is 6.26. The standard InChI is InChI=1S/C18H28FNO/c1-18-7-6-13-12-5-3-11(21)8-10(12)2-4-14(13)15(18)9-16(19)17(18)20/h2,11-17,21H,3-9,20H2,1H3/t11-,12-,13+,14+,15-,16+,17-,18-/m0/s1. The molecule has 0 saturated heterocycles. The third kappa shape index (κ3) is 1.96. The maximum absolute atomic E-state index is 14.2. The highest BCUT2D eigenvalue weighted by Gasteiger charge is 2.58. The second-order valence-electron chi connectivity index (χ2n) is 8.31. The molecule has 0 aromatic rings. The van der Waals surface area contributed by atoms with Gasteiger partial charge in [-0.25, -0.2) is 4.39 Å². The van der Waals surface area contributed by atoms with E-state index in [0.717, 1.165) is 32.1 Å². The number of nitrogens with two attached hydrogens (primary N) is 1. The second-order valence-corrected chi connectivity index (χ2v) is 8.31. The van der Waals surface area contributed by atoms with Crippen LogP contribution in [0, 0.1) is 29.1 Å². The number of allylic oxidation sites excluding steroid dienone is 1. The van der Waals surface area contributed by atoms with Crippen molar-refractivity contribution in [1.29, 1.82) is 0 Å². The van der Waals surface area contributed by atoms with Crippen LogP contribution in [0.25, 0.3) is 0 Å². The molecule has 4 aliphatic carbocycles. The zero-order chi connectivity index (χ0) is 14.8. The first kappa shape index (κ1) is 14.2. The van der Waals surface area contributed by atoms with Gasteiger partial charge in [-0.1, -0.05) is 18.6 Å². The van der Waals surface area contributed by atoms with Gasteiger partial charge in [0.05, 0.1) is 6.10 Å². The Morgan fingerprint density at radius 1 is 1.29 bits per heavy atom. The van der Waals surface area contributed by atoms with Crippen molar-refractivity contribution in [1.82, 2.24) is 0 Å². The lowest BCUT2D eigenvalue weighted by Gasteiger charge is -2.53. The molecule has 118 valence electrons. The average Bonchev–Trinajstić information content (AvgIpc) is 2.70. The summed E-state index contributed by atoms with van der Waals surface area (Å²) in [5, 5.41) is 9.90. The van der Waals surface area contributed by atoms with Gasteiger partial charge in [-0.15, -0.1) is 0 Å². The van der Waals surface area contributed by atoms with E-state index in [4.69, 9.17) is 5.73 Å². The van der Waals surface area contributed by atoms with Crippen molar-refractivity contribution in [3.05, 3.63) is 11.6 Å². The van der Waals surface area contributed by atoms with Crippen molar-refractivity contribution in [3.63, 3.8) is 0 Å². The molecule has 2 nitrogen and oxygen atoms in total. The largest absolute Gasteiger partial charge is 0.393 e. The molecule has 8 atom stereocenters. The summed E-state index contributed by atoms with van der Waals surface area (Å²) in [6, 6.07) is -0.262. The van der Waals surface area contributed by atoms with Gasteiger partial charge in [0.2, 0.25) is 0 Å². The molecule has 0 aliphatic heterocycles. The van der Waals surface area contributed by atoms with Crippen LogP contribution in [-0.2, 0) is 0 Å². The minimum absolute atomic E-state index is 0.0140. The third-order valence-electron chi connectivity index (χ3n) is 7.49. The Morgan fingerprint density at radius 3 is 2.90 bits per heavy atom. The molecular weight excluding hydrogens is 265 g/mol. The number of alkyl halides is 1. The highest BCUT2D eigenvalue weighted by Crippen LogP contribution is 2.61. The molecule has 4 aliphatic rings. The molecule has 21 heavy (non-hydrogen) atoms. The number of rotatable bonds is 0. The molecule has 0 heterocycles. The summed E-state index contributed by atoms with van der Waals surface area (Å²) in [5.41, 5.74) is 7.73. The van der Waals surface area contributed by atoms with E-state index >= 15 is 0 Å². The predicted molar refractivity (Wildman–Crippen MR) is 81.3 cm³/mol. The summed E-state index contributed by atoms with van der Waals surface area (Å²) in [6.07, 6.45) is 8.45. The maximum atomic E-state index is 14.2. The van der Waals surface area contributed by atoms with E-state index in [1.165, 1.54) is 12.0 Å². The van der Waals surface area contributed by atoms with Crippen molar-refractivity contribution in [2.24, 2.45) is 34.8 Å². The van der Waals surface area contributed by atoms with Gasteiger partial charge >= 0.3 is 0 Å². The van der Waals surface area contributed by atoms with Crippen LogP contribution < -0.4 is 5.73 Å². The number of hydrogen-bond acceptors (Lipinski definition) is 2. The van der Waals surface area contributed by atoms with E-state index in [1.54, 1.807) is 0 Å². The van der Waals surface area contributed by atoms with Crippen LogP contribution in [-0.4, -0.2) is 23.4 Å². The van der Waals surface area contributed by atoms with Gasteiger partial charge in [0.15, 0.2) is 0 Å². The van der Waals surface area contributed by atoms with Crippen LogP contribution in [0.5, 0.6) is 0 Å². The van der Waals surface area contributed by atoms with Gasteiger partial charge < -0.3 is 10.8 Å². The smallest absolute Gasteiger partial charge is 0.116 e. The van der Waals surface area contributed by atoms with Gasteiger partial charge in [0, 0.05) is 6.04 Å². The molecule has 0 amide bonds. The van der Waals surface area contributed by atoms with E-state index in [-0.39, 0.29) is 17.6 Å². The first-order valence-corrected chi connectivity index (χ1v) is 8.77. The molecule has 3 heteroatoms. The highest BCUT2D eigenvalue weighted by atomic mass is 19.1. The quantitative estimate of drug-likeness (QED) is 0.674. The normalized spacial score (nSPS) is 56.2. The van der Waals surface area contributed by atoms with Crippen molar-refractivity contribution >= 4 is 0 Å². The van der Waals surface area contributed by atoms with E-state index in [0.29, 0.717) is 30.1 Å². The summed E-state index contributed by atoms with van der Waals surface area (Å²) in [4.78, 5) is 0. The van der Waals surface area contributed by atoms with Gasteiger partial charge in [0.25, 0.3) is 0 Å². The van der Waals surface area contributed by atoms with Gasteiger partial charge in [-0.2, -0.15) is 0 Å². The Kier molecular flexibility index (Phi) is 3.24. The van der Waals surface area contributed by atoms with E-state index < -0.39 is 6.17 Å². The summed E-state index contributed by atoms with van der Waals surface area (Å²) >= 11 is 0. The lowest BCUT2D eigenvalue weighted by molar-refractivity contribution is -0.00495. The zero-order valence-corrected chi connectivity index (χ0v) is 13.0. The topological polar surface area (TPSA) is 46.2 Å². The molecule has 0 unspecified atom stereocenters. The Morgan fingerprint density at radius 2 is 2.10 bits per heavy atom. The molecule has 0 spiro atoms. The van der Waals surface area contributed by atoms with Gasteiger partial charge in [-0.05, 0) is 74.0 Å². The van der Waals surface area contributed by atoms with Crippen molar-refractivity contribution in [2.45, 2.75) is 70.2 Å². The molecule has 3 N–H and O–H groups in total. The van der Waals surface area contributed by atoms with Crippen LogP contribution in [0.15, 0.2) is 11.6 Å². The molecule has 3 saturated carbocycles. The number of hydrogen-bond donors (Lipinski definition) is 2. The van der Waals surface area contributed by atoms with E-state index in [1.807, 2.05) is 0 Å². The predicted octanol–water partition coefficient (Wildman–Crippen LogP) is 3.20. The van der Waals surface area contributed by atoms with Gasteiger partial charge in [0.1, 0.15) is 6.17 Å². The Balaban J connectivity index is 1.63. The zero-order valence-electron chi connectivity index (χ0n) is 13.0. The fraction of sp³-hybridized carbons (Fsp3) is 0.889. The molecule has 4 rings (SSSR count). The van der Waals surface area contributed by atoms with Crippen molar-refractivity contribution in [2.75, 3.05) is 0 Å². The highest BCUT2D eigenvalue weighted by molar-refractivity contribution is 5.21. The number of aliphatic hydroxyl groups excluding tert-OH is 1. The molecular formula is C18H28FNO. The minimum atomic E-state index is -0.808. The molecule has 0 bridgehead atoms. The number of halogens is 1. The SMILES string of the molecule is C[C@]12CC[C@H]3[C@@H](CC=C4C[C@@H](O)CC[C@@H]43)[C@@H]1C[C@@H](F)[C@@H]2N. The first-order chi connectivity index (χ1) is 10.0. The molecule has 0 aromatic heterocycles. The summed E-state index contributed by atoms with van der Waals surface area (Å²) in [5.74, 6) is 2.46. The lowest BCUT2D eigenvalue weighted by atomic mass is 9.52. The van der Waals surface area contributed by atoms with E-state index in [2.05, 4.69) is 13.0 Å². The van der Waals surface area contributed by atoms with Crippen molar-refractivity contribution in [3.8, 4) is 0 Å². The van der Waals surface area contributed by atoms with Crippen LogP contribution in [0.4, 0.5) is 4.39 Å². The summed E-state index contributed by atoms with van der Waals surface area (Å²) in [6.45, 7) is 2.24. The molecule has 3 fully saturated rings. The maximum Gasteiger partial charge on any atom is 0.116 e. The van der Waals surface area contributed by atoms with Gasteiger partial charge in [-0.3, -0.25) is 0 Å². The third-order valence-corrected chi connectivity index (χ3v) is 7.49. The van der Waals surface area contributed by atoms with Crippen molar-refractivity contribution < 1.29 is 9.50 Å². The first-order valence-electron chi connectivity index (χ1n) is 8.77. The Hall–Kier alpha value is -0.410. The minimum Gasteiger partial charge on any atom is -0.393 e.